The Morgan fingerprint density at radius 3 is 2.25 bits per heavy atom. The molecule has 2 fully saturated rings. The number of ether oxygens (including phenoxy) is 3. The van der Waals surface area contributed by atoms with Crippen LogP contribution in [0.1, 0.15) is 31.0 Å². The van der Waals surface area contributed by atoms with Crippen molar-refractivity contribution in [2.75, 3.05) is 13.2 Å². The summed E-state index contributed by atoms with van der Waals surface area (Å²) in [6.45, 7) is 3.82. The lowest BCUT2D eigenvalue weighted by Crippen LogP contribution is -2.63. The van der Waals surface area contributed by atoms with Crippen molar-refractivity contribution in [1.82, 2.24) is 5.32 Å². The Labute approximate surface area is 164 Å². The minimum absolute atomic E-state index is 0.0640. The number of rotatable bonds is 3. The van der Waals surface area contributed by atoms with Gasteiger partial charge in [0.05, 0.1) is 19.2 Å². The van der Waals surface area contributed by atoms with E-state index in [0.29, 0.717) is 0 Å². The molecule has 5 rings (SSSR count). The Balaban J connectivity index is 1.38. The van der Waals surface area contributed by atoms with E-state index in [1.54, 1.807) is 13.8 Å². The van der Waals surface area contributed by atoms with Gasteiger partial charge in [-0.15, -0.1) is 0 Å². The van der Waals surface area contributed by atoms with E-state index in [1.165, 1.54) is 11.1 Å². The zero-order valence-corrected chi connectivity index (χ0v) is 16.0. The largest absolute Gasteiger partial charge is 0.385 e. The number of aliphatic hydroxyl groups is 2. The SMILES string of the molecule is CC1(C)O[C@@H]2[C@@H](CO[C@](O)(CNC3c4ccccc4-c4ccccc43)[C@H]2O)O1. The van der Waals surface area contributed by atoms with E-state index in [-0.39, 0.29) is 19.2 Å². The molecular weight excluding hydrogens is 358 g/mol. The number of hydrogen-bond donors (Lipinski definition) is 3. The molecule has 2 saturated heterocycles. The van der Waals surface area contributed by atoms with Crippen LogP contribution in [0.4, 0.5) is 0 Å². The second-order valence-electron chi connectivity index (χ2n) is 8.23. The normalized spacial score (nSPS) is 33.4. The summed E-state index contributed by atoms with van der Waals surface area (Å²) in [6, 6.07) is 16.4. The van der Waals surface area contributed by atoms with E-state index < -0.39 is 29.9 Å². The molecule has 3 aliphatic rings. The molecule has 2 aromatic rings. The Kier molecular flexibility index (Phi) is 4.14. The smallest absolute Gasteiger partial charge is 0.207 e. The molecule has 0 radical (unpaired) electrons. The van der Waals surface area contributed by atoms with Gasteiger partial charge in [0, 0.05) is 0 Å². The summed E-state index contributed by atoms with van der Waals surface area (Å²) in [5.74, 6) is -2.56. The van der Waals surface area contributed by atoms with Crippen molar-refractivity contribution in [1.29, 1.82) is 0 Å². The molecular formula is C22H25NO5. The van der Waals surface area contributed by atoms with Crippen molar-refractivity contribution in [2.45, 2.75) is 49.8 Å². The fourth-order valence-electron chi connectivity index (χ4n) is 4.61. The van der Waals surface area contributed by atoms with Crippen LogP contribution in [0.2, 0.25) is 0 Å². The number of aliphatic hydroxyl groups excluding tert-OH is 1. The van der Waals surface area contributed by atoms with Crippen LogP contribution >= 0.6 is 0 Å². The molecule has 0 saturated carbocycles. The topological polar surface area (TPSA) is 80.2 Å². The lowest BCUT2D eigenvalue weighted by Gasteiger charge is -2.41. The first-order chi connectivity index (χ1) is 13.4. The molecule has 2 aromatic carbocycles. The third-order valence-corrected chi connectivity index (χ3v) is 5.89. The van der Waals surface area contributed by atoms with Crippen LogP contribution in [0.25, 0.3) is 11.1 Å². The van der Waals surface area contributed by atoms with Crippen molar-refractivity contribution in [3.05, 3.63) is 59.7 Å². The maximum Gasteiger partial charge on any atom is 0.207 e. The van der Waals surface area contributed by atoms with Gasteiger partial charge >= 0.3 is 0 Å². The number of nitrogens with one attached hydrogen (secondary N) is 1. The third kappa shape index (κ3) is 2.80. The zero-order chi connectivity index (χ0) is 19.5. The minimum Gasteiger partial charge on any atom is -0.385 e. The van der Waals surface area contributed by atoms with Crippen molar-refractivity contribution >= 4 is 0 Å². The number of benzene rings is 2. The summed E-state index contributed by atoms with van der Waals surface area (Å²) in [7, 11) is 0. The molecule has 0 spiro atoms. The third-order valence-electron chi connectivity index (χ3n) is 5.89. The van der Waals surface area contributed by atoms with Crippen LogP contribution in [-0.4, -0.2) is 53.3 Å². The van der Waals surface area contributed by atoms with Crippen LogP contribution in [0, 0.1) is 0 Å². The van der Waals surface area contributed by atoms with Gasteiger partial charge in [-0.3, -0.25) is 0 Å². The van der Waals surface area contributed by atoms with Crippen LogP contribution < -0.4 is 5.32 Å². The standard InChI is InChI=1S/C22H25NO5/c1-21(2)27-17-11-26-22(25,20(24)19(17)28-21)12-23-18-15-9-5-3-7-13(15)14-8-4-6-10-16(14)18/h3-10,17-20,23-25H,11-12H2,1-2H3/t17-,19-,20+,22-/m1/s1. The highest BCUT2D eigenvalue weighted by molar-refractivity contribution is 5.78. The maximum absolute atomic E-state index is 11.0. The maximum atomic E-state index is 11.0. The average Bonchev–Trinajstić information content (AvgIpc) is 3.18. The molecule has 1 aliphatic carbocycles. The molecule has 28 heavy (non-hydrogen) atoms. The van der Waals surface area contributed by atoms with Crippen LogP contribution in [0.15, 0.2) is 48.5 Å². The quantitative estimate of drug-likeness (QED) is 0.752. The highest BCUT2D eigenvalue weighted by Gasteiger charge is 2.56. The van der Waals surface area contributed by atoms with E-state index in [2.05, 4.69) is 29.6 Å². The molecule has 4 atom stereocenters. The summed E-state index contributed by atoms with van der Waals surface area (Å²) < 4.78 is 17.2. The highest BCUT2D eigenvalue weighted by Crippen LogP contribution is 2.43. The summed E-state index contributed by atoms with van der Waals surface area (Å²) >= 11 is 0. The number of hydrogen-bond acceptors (Lipinski definition) is 6. The first-order valence-electron chi connectivity index (χ1n) is 9.70. The second-order valence-corrected chi connectivity index (χ2v) is 8.23. The van der Waals surface area contributed by atoms with Crippen molar-refractivity contribution < 1.29 is 24.4 Å². The fraction of sp³-hybridized carbons (Fsp3) is 0.455. The van der Waals surface area contributed by atoms with Gasteiger partial charge in [0.25, 0.3) is 0 Å². The van der Waals surface area contributed by atoms with Crippen molar-refractivity contribution in [3.63, 3.8) is 0 Å². The summed E-state index contributed by atoms with van der Waals surface area (Å²) in [6.07, 6.45) is -2.23. The molecule has 0 unspecified atom stereocenters. The fourth-order valence-corrected chi connectivity index (χ4v) is 4.61. The van der Waals surface area contributed by atoms with Gasteiger partial charge in [0.15, 0.2) is 5.79 Å². The van der Waals surface area contributed by atoms with Gasteiger partial charge in [0.2, 0.25) is 5.79 Å². The Bertz CT molecular complexity index is 855. The highest BCUT2D eigenvalue weighted by atomic mass is 16.8. The average molecular weight is 383 g/mol. The number of fused-ring (bicyclic) bond motifs is 4. The van der Waals surface area contributed by atoms with E-state index in [9.17, 15) is 10.2 Å². The molecule has 2 aliphatic heterocycles. The van der Waals surface area contributed by atoms with Gasteiger partial charge in [-0.2, -0.15) is 0 Å². The van der Waals surface area contributed by atoms with Gasteiger partial charge < -0.3 is 29.7 Å². The van der Waals surface area contributed by atoms with E-state index >= 15 is 0 Å². The predicted molar refractivity (Wildman–Crippen MR) is 102 cm³/mol. The molecule has 0 amide bonds. The van der Waals surface area contributed by atoms with Gasteiger partial charge in [0.1, 0.15) is 18.3 Å². The molecule has 0 bridgehead atoms. The Morgan fingerprint density at radius 1 is 1.00 bits per heavy atom. The first-order valence-corrected chi connectivity index (χ1v) is 9.70. The molecule has 6 heteroatoms. The summed E-state index contributed by atoms with van der Waals surface area (Å²) in [5.41, 5.74) is 4.66. The Morgan fingerprint density at radius 2 is 1.61 bits per heavy atom. The summed E-state index contributed by atoms with van der Waals surface area (Å²) in [5, 5.41) is 25.2. The lowest BCUT2D eigenvalue weighted by atomic mass is 9.96. The minimum atomic E-state index is -1.75. The van der Waals surface area contributed by atoms with E-state index in [1.807, 2.05) is 24.3 Å². The van der Waals surface area contributed by atoms with Crippen LogP contribution in [-0.2, 0) is 14.2 Å². The molecule has 2 heterocycles. The molecule has 3 N–H and O–H groups in total. The predicted octanol–water partition coefficient (Wildman–Crippen LogP) is 1.95. The molecule has 148 valence electrons. The molecule has 0 aromatic heterocycles. The van der Waals surface area contributed by atoms with E-state index in [4.69, 9.17) is 14.2 Å². The van der Waals surface area contributed by atoms with Gasteiger partial charge in [-0.05, 0) is 36.1 Å². The zero-order valence-electron chi connectivity index (χ0n) is 16.0. The van der Waals surface area contributed by atoms with Crippen molar-refractivity contribution in [2.24, 2.45) is 0 Å². The van der Waals surface area contributed by atoms with Crippen molar-refractivity contribution in [3.8, 4) is 11.1 Å². The Hall–Kier alpha value is -1.80. The van der Waals surface area contributed by atoms with Gasteiger partial charge in [-0.1, -0.05) is 48.5 Å². The second kappa shape index (κ2) is 6.35. The van der Waals surface area contributed by atoms with Crippen LogP contribution in [0.3, 0.4) is 0 Å². The van der Waals surface area contributed by atoms with E-state index in [0.717, 1.165) is 11.1 Å². The summed E-state index contributed by atoms with van der Waals surface area (Å²) in [4.78, 5) is 0. The van der Waals surface area contributed by atoms with Crippen LogP contribution in [0.5, 0.6) is 0 Å². The first kappa shape index (κ1) is 18.2. The lowest BCUT2D eigenvalue weighted by molar-refractivity contribution is -0.303. The molecule has 6 nitrogen and oxygen atoms in total. The van der Waals surface area contributed by atoms with Gasteiger partial charge in [-0.25, -0.2) is 0 Å². The monoisotopic (exact) mass is 383 g/mol.